The Bertz CT molecular complexity index is 1660. The van der Waals surface area contributed by atoms with E-state index in [4.69, 9.17) is 9.31 Å². The van der Waals surface area contributed by atoms with Crippen molar-refractivity contribution in [2.45, 2.75) is 96.5 Å². The summed E-state index contributed by atoms with van der Waals surface area (Å²) in [5.74, 6) is -0.652. The zero-order valence-electron chi connectivity index (χ0n) is 29.5. The molecule has 1 saturated heterocycles. The van der Waals surface area contributed by atoms with Gasteiger partial charge in [0.1, 0.15) is 23.5 Å². The molecule has 3 aliphatic carbocycles. The van der Waals surface area contributed by atoms with Gasteiger partial charge in [-0.3, -0.25) is 19.4 Å². The molecular weight excluding hydrogens is 633 g/mol. The van der Waals surface area contributed by atoms with Gasteiger partial charge in [-0.05, 0) is 72.6 Å². The van der Waals surface area contributed by atoms with Gasteiger partial charge in [0.15, 0.2) is 0 Å². The summed E-state index contributed by atoms with van der Waals surface area (Å²) in [7, 11) is -0.631. The Hall–Kier alpha value is -4.29. The molecule has 3 amide bonds. The molecular formula is C38H48BN5O6. The number of nitrogens with zero attached hydrogens (tertiary/aromatic N) is 2. The second kappa shape index (κ2) is 14.5. The molecule has 12 heteroatoms. The van der Waals surface area contributed by atoms with Crippen molar-refractivity contribution in [1.82, 2.24) is 25.9 Å². The Balaban J connectivity index is 1.23. The number of phenolic OH excluding ortho intramolecular Hbond substituents is 1. The molecule has 0 unspecified atom stereocenters. The molecule has 3 saturated carbocycles. The molecule has 4 N–H and O–H groups in total. The van der Waals surface area contributed by atoms with Crippen molar-refractivity contribution in [1.29, 1.82) is 0 Å². The van der Waals surface area contributed by atoms with Crippen LogP contribution in [0.4, 0.5) is 0 Å². The third-order valence-electron chi connectivity index (χ3n) is 11.1. The first-order valence-corrected chi connectivity index (χ1v) is 17.7. The van der Waals surface area contributed by atoms with Gasteiger partial charge in [-0.25, -0.2) is 4.98 Å². The van der Waals surface area contributed by atoms with Crippen LogP contribution in [0.15, 0.2) is 73.2 Å². The molecule has 2 bridgehead atoms. The number of rotatable bonds is 13. The lowest BCUT2D eigenvalue weighted by Crippen LogP contribution is -2.65. The summed E-state index contributed by atoms with van der Waals surface area (Å²) in [6, 6.07) is 13.8. The van der Waals surface area contributed by atoms with Crippen LogP contribution in [0.1, 0.15) is 75.5 Å². The number of hydrogen-bond donors (Lipinski definition) is 4. The molecule has 2 heterocycles. The van der Waals surface area contributed by atoms with E-state index < -0.39 is 48.5 Å². The van der Waals surface area contributed by atoms with E-state index in [1.165, 1.54) is 18.6 Å². The molecule has 1 aliphatic heterocycles. The molecule has 264 valence electrons. The maximum atomic E-state index is 14.3. The van der Waals surface area contributed by atoms with Crippen molar-refractivity contribution >= 4 is 24.8 Å². The van der Waals surface area contributed by atoms with Gasteiger partial charge in [0.25, 0.3) is 5.91 Å². The fourth-order valence-corrected chi connectivity index (χ4v) is 8.16. The lowest BCUT2D eigenvalue weighted by molar-refractivity contribution is -0.199. The van der Waals surface area contributed by atoms with E-state index in [1.807, 2.05) is 30.3 Å². The Morgan fingerprint density at radius 1 is 0.900 bits per heavy atom. The molecule has 3 aromatic rings. The summed E-state index contributed by atoms with van der Waals surface area (Å²) in [5, 5.41) is 18.8. The molecule has 4 fully saturated rings. The van der Waals surface area contributed by atoms with E-state index in [-0.39, 0.29) is 41.7 Å². The first-order valence-electron chi connectivity index (χ1n) is 17.7. The van der Waals surface area contributed by atoms with Crippen LogP contribution in [-0.4, -0.2) is 69.6 Å². The number of hydrogen-bond acceptors (Lipinski definition) is 8. The van der Waals surface area contributed by atoms with Gasteiger partial charge >= 0.3 is 7.12 Å². The Kier molecular flexibility index (Phi) is 10.3. The molecule has 7 atom stereocenters. The maximum Gasteiger partial charge on any atom is 0.481 e. The average molecular weight is 682 g/mol. The quantitative estimate of drug-likeness (QED) is 0.197. The van der Waals surface area contributed by atoms with Crippen LogP contribution in [0.5, 0.6) is 5.75 Å². The topological polar surface area (TPSA) is 152 Å². The number of phenols is 1. The van der Waals surface area contributed by atoms with Crippen LogP contribution >= 0.6 is 0 Å². The van der Waals surface area contributed by atoms with Crippen LogP contribution < -0.4 is 16.0 Å². The van der Waals surface area contributed by atoms with Crippen LogP contribution in [-0.2, 0) is 31.7 Å². The van der Waals surface area contributed by atoms with Gasteiger partial charge in [-0.1, -0.05) is 70.2 Å². The van der Waals surface area contributed by atoms with Gasteiger partial charge in [0.05, 0.1) is 23.8 Å². The van der Waals surface area contributed by atoms with Gasteiger partial charge in [-0.2, -0.15) is 0 Å². The van der Waals surface area contributed by atoms with Crippen molar-refractivity contribution in [3.05, 3.63) is 90.0 Å². The molecule has 2 aromatic carbocycles. The fourth-order valence-electron chi connectivity index (χ4n) is 8.16. The Morgan fingerprint density at radius 2 is 1.56 bits per heavy atom. The molecule has 11 nitrogen and oxygen atoms in total. The first kappa shape index (κ1) is 35.5. The number of benzene rings is 2. The molecule has 50 heavy (non-hydrogen) atoms. The van der Waals surface area contributed by atoms with Crippen LogP contribution in [0, 0.1) is 23.2 Å². The summed E-state index contributed by atoms with van der Waals surface area (Å²) < 4.78 is 13.4. The van der Waals surface area contributed by atoms with Gasteiger partial charge < -0.3 is 30.4 Å². The highest BCUT2D eigenvalue weighted by Crippen LogP contribution is 2.65. The van der Waals surface area contributed by atoms with Crippen molar-refractivity contribution in [3.8, 4) is 5.75 Å². The smallest absolute Gasteiger partial charge is 0.481 e. The van der Waals surface area contributed by atoms with Crippen LogP contribution in [0.25, 0.3) is 0 Å². The summed E-state index contributed by atoms with van der Waals surface area (Å²) in [6.45, 7) is 11.0. The van der Waals surface area contributed by atoms with Crippen molar-refractivity contribution in [2.75, 3.05) is 0 Å². The van der Waals surface area contributed by atoms with Crippen molar-refractivity contribution < 1.29 is 28.8 Å². The largest absolute Gasteiger partial charge is 0.508 e. The number of amides is 3. The molecule has 1 aromatic heterocycles. The minimum Gasteiger partial charge on any atom is -0.508 e. The van der Waals surface area contributed by atoms with E-state index in [1.54, 1.807) is 24.3 Å². The van der Waals surface area contributed by atoms with Crippen LogP contribution in [0.2, 0.25) is 0 Å². The van der Waals surface area contributed by atoms with Crippen molar-refractivity contribution in [3.63, 3.8) is 0 Å². The highest BCUT2D eigenvalue weighted by atomic mass is 16.7. The molecule has 0 radical (unpaired) electrons. The van der Waals surface area contributed by atoms with E-state index in [0.717, 1.165) is 24.0 Å². The van der Waals surface area contributed by atoms with E-state index in [9.17, 15) is 19.5 Å². The molecule has 0 spiro atoms. The number of aromatic hydroxyl groups is 1. The number of aromatic nitrogens is 2. The highest BCUT2D eigenvalue weighted by Gasteiger charge is 2.68. The summed E-state index contributed by atoms with van der Waals surface area (Å²) >= 11 is 0. The summed E-state index contributed by atoms with van der Waals surface area (Å²) in [4.78, 5) is 49.6. The predicted molar refractivity (Wildman–Crippen MR) is 189 cm³/mol. The SMILES string of the molecule is CC(C)C[C@H](NC(=O)[C@H](Cc1ccc(O)cc1)NC(=O)[C@H](Cc1ccccc1)NC(=O)c1cnccn1)B1O[C@H]2C[C@@H]3C[C@@H](C3(C)C)[C@@]2(C)O1. The normalized spacial score (nSPS) is 25.1. The molecule has 7 rings (SSSR count). The van der Waals surface area contributed by atoms with Crippen LogP contribution in [0.3, 0.4) is 0 Å². The third kappa shape index (κ3) is 7.56. The molecule has 4 aliphatic rings. The van der Waals surface area contributed by atoms with E-state index in [2.05, 4.69) is 60.5 Å². The standard InChI is InChI=1S/C38H48BN5O6/c1-23(2)17-33(39-49-32-21-26-20-31(37(26,3)4)38(32,5)50-39)44-35(47)29(19-25-11-13-27(45)14-12-25)42-34(46)28(18-24-9-7-6-8-10-24)43-36(48)30-22-40-15-16-41-30/h6-16,22-23,26,28-29,31-33,45H,17-21H2,1-5H3,(H,42,46)(H,43,48)(H,44,47)/t26-,28-,29-,31-,32-,33-,38+/m0/s1. The van der Waals surface area contributed by atoms with Gasteiger partial charge in [-0.15, -0.1) is 0 Å². The summed E-state index contributed by atoms with van der Waals surface area (Å²) in [5.41, 5.74) is 1.38. The lowest BCUT2D eigenvalue weighted by atomic mass is 9.43. The Morgan fingerprint density at radius 3 is 2.20 bits per heavy atom. The maximum absolute atomic E-state index is 14.3. The zero-order valence-corrected chi connectivity index (χ0v) is 29.5. The highest BCUT2D eigenvalue weighted by molar-refractivity contribution is 6.48. The van der Waals surface area contributed by atoms with Crippen molar-refractivity contribution in [2.24, 2.45) is 23.2 Å². The zero-order chi connectivity index (χ0) is 35.6. The minimum atomic E-state index is -1.02. The van der Waals surface area contributed by atoms with Gasteiger partial charge in [0.2, 0.25) is 11.8 Å². The number of carbonyl (C=O) groups excluding carboxylic acids is 3. The van der Waals surface area contributed by atoms with Gasteiger partial charge in [0, 0.05) is 25.2 Å². The second-order valence-electron chi connectivity index (χ2n) is 15.3. The lowest BCUT2D eigenvalue weighted by Gasteiger charge is -2.64. The van der Waals surface area contributed by atoms with E-state index in [0.29, 0.717) is 18.3 Å². The van der Waals surface area contributed by atoms with E-state index >= 15 is 0 Å². The monoisotopic (exact) mass is 681 g/mol. The first-order chi connectivity index (χ1) is 23.8. The Labute approximate surface area is 294 Å². The second-order valence-corrected chi connectivity index (χ2v) is 15.3. The number of nitrogens with one attached hydrogen (secondary N) is 3. The fraction of sp³-hybridized carbons (Fsp3) is 0.500. The minimum absolute atomic E-state index is 0.0417. The summed E-state index contributed by atoms with van der Waals surface area (Å²) in [6.07, 6.45) is 7.15. The number of carbonyl (C=O) groups is 3. The third-order valence-corrected chi connectivity index (χ3v) is 11.1. The average Bonchev–Trinajstić information content (AvgIpc) is 3.46. The predicted octanol–water partition coefficient (Wildman–Crippen LogP) is 4.05.